The van der Waals surface area contributed by atoms with Crippen molar-refractivity contribution in [3.63, 3.8) is 0 Å². The third-order valence-corrected chi connectivity index (χ3v) is 5.80. The molecule has 0 aliphatic carbocycles. The molecule has 0 spiro atoms. The summed E-state index contributed by atoms with van der Waals surface area (Å²) in [5.41, 5.74) is 3.19. The number of nitrogens with zero attached hydrogens (tertiary/aromatic N) is 3. The molecule has 0 bridgehead atoms. The molecule has 0 atom stereocenters. The van der Waals surface area contributed by atoms with E-state index in [0.29, 0.717) is 22.0 Å². The molecule has 0 saturated carbocycles. The molecule has 0 radical (unpaired) electrons. The number of aromatic nitrogens is 3. The van der Waals surface area contributed by atoms with Crippen LogP contribution in [0.25, 0.3) is 22.6 Å². The first kappa shape index (κ1) is 20.5. The maximum Gasteiger partial charge on any atom is 0.278 e. The fourth-order valence-corrected chi connectivity index (χ4v) is 4.14. The quantitative estimate of drug-likeness (QED) is 0.415. The van der Waals surface area contributed by atoms with Gasteiger partial charge >= 0.3 is 0 Å². The Kier molecular flexibility index (Phi) is 5.49. The van der Waals surface area contributed by atoms with E-state index in [-0.39, 0.29) is 17.6 Å². The van der Waals surface area contributed by atoms with Gasteiger partial charge in [-0.15, -0.1) is 0 Å². The Hall–Kier alpha value is -3.45. The lowest BCUT2D eigenvalue weighted by Gasteiger charge is -2.09. The van der Waals surface area contributed by atoms with E-state index in [0.717, 1.165) is 49.3 Å². The highest BCUT2D eigenvalue weighted by Crippen LogP contribution is 2.29. The van der Waals surface area contributed by atoms with Crippen LogP contribution in [-0.2, 0) is 13.0 Å². The van der Waals surface area contributed by atoms with Crippen LogP contribution in [0.15, 0.2) is 59.1 Å². The summed E-state index contributed by atoms with van der Waals surface area (Å²) >= 11 is 6.04. The molecule has 4 aromatic rings. The number of nitrogens with one attached hydrogen (secondary N) is 1. The number of amides is 1. The summed E-state index contributed by atoms with van der Waals surface area (Å²) in [5, 5.41) is 7.34. The van der Waals surface area contributed by atoms with E-state index in [2.05, 4.69) is 15.0 Å². The second-order valence-electron chi connectivity index (χ2n) is 7.74. The Bertz CT molecular complexity index is 1280. The fourth-order valence-electron chi connectivity index (χ4n) is 4.01. The largest absolute Gasteiger partial charge is 0.338 e. The molecule has 1 N–H and O–H groups in total. The minimum absolute atomic E-state index is 0.178. The lowest BCUT2D eigenvalue weighted by Crippen LogP contribution is -2.15. The van der Waals surface area contributed by atoms with Gasteiger partial charge in [-0.1, -0.05) is 35.3 Å². The summed E-state index contributed by atoms with van der Waals surface area (Å²) in [6.45, 7) is 0.805. The van der Waals surface area contributed by atoms with Crippen molar-refractivity contribution in [3.8, 4) is 22.6 Å². The second-order valence-corrected chi connectivity index (χ2v) is 8.18. The summed E-state index contributed by atoms with van der Waals surface area (Å²) in [5.74, 6) is 0.198. The van der Waals surface area contributed by atoms with Crippen molar-refractivity contribution in [3.05, 3.63) is 76.8 Å². The second kappa shape index (κ2) is 8.59. The summed E-state index contributed by atoms with van der Waals surface area (Å²) in [6, 6.07) is 15.1. The average molecular weight is 451 g/mol. The van der Waals surface area contributed by atoms with E-state index in [1.807, 2.05) is 24.3 Å². The van der Waals surface area contributed by atoms with Crippen LogP contribution in [-0.4, -0.2) is 20.6 Å². The van der Waals surface area contributed by atoms with E-state index < -0.39 is 0 Å². The Morgan fingerprint density at radius 2 is 1.91 bits per heavy atom. The lowest BCUT2D eigenvalue weighted by atomic mass is 10.1. The lowest BCUT2D eigenvalue weighted by molar-refractivity contribution is 0.101. The van der Waals surface area contributed by atoms with Gasteiger partial charge < -0.3 is 9.09 Å². The Balaban J connectivity index is 1.45. The van der Waals surface area contributed by atoms with Gasteiger partial charge in [-0.3, -0.25) is 10.1 Å². The molecule has 6 nitrogen and oxygen atoms in total. The van der Waals surface area contributed by atoms with Crippen molar-refractivity contribution in [1.29, 1.82) is 0 Å². The molecule has 32 heavy (non-hydrogen) atoms. The van der Waals surface area contributed by atoms with Crippen LogP contribution < -0.4 is 5.32 Å². The molecule has 8 heteroatoms. The molecule has 1 aliphatic rings. The summed E-state index contributed by atoms with van der Waals surface area (Å²) in [7, 11) is 0. The van der Waals surface area contributed by atoms with Gasteiger partial charge in [0.2, 0.25) is 5.88 Å². The number of hydrogen-bond acceptors (Lipinski definition) is 4. The van der Waals surface area contributed by atoms with E-state index in [4.69, 9.17) is 21.1 Å². The van der Waals surface area contributed by atoms with Gasteiger partial charge in [0.05, 0.1) is 5.69 Å². The Labute approximate surface area is 189 Å². The molecule has 0 unspecified atom stereocenters. The van der Waals surface area contributed by atoms with Crippen molar-refractivity contribution in [1.82, 2.24) is 14.7 Å². The topological polar surface area (TPSA) is 73.0 Å². The molecular formula is C24H20ClFN4O2. The number of fused-ring (bicyclic) bond motifs is 1. The normalized spacial score (nSPS) is 13.4. The van der Waals surface area contributed by atoms with Crippen LogP contribution in [0, 0.1) is 5.82 Å². The number of anilines is 1. The van der Waals surface area contributed by atoms with Gasteiger partial charge in [0.25, 0.3) is 5.91 Å². The fraction of sp³-hybridized carbons (Fsp3) is 0.208. The van der Waals surface area contributed by atoms with Crippen molar-refractivity contribution < 1.29 is 13.7 Å². The molecule has 5 rings (SSSR count). The van der Waals surface area contributed by atoms with Crippen molar-refractivity contribution >= 4 is 23.4 Å². The highest BCUT2D eigenvalue weighted by atomic mass is 35.5. The highest BCUT2D eigenvalue weighted by molar-refractivity contribution is 6.30. The number of imidazole rings is 1. The first-order valence-electron chi connectivity index (χ1n) is 10.5. The number of benzene rings is 2. The van der Waals surface area contributed by atoms with E-state index in [1.54, 1.807) is 18.2 Å². The third-order valence-electron chi connectivity index (χ3n) is 5.55. The SMILES string of the molecule is O=C(Nc1cc(-c2cccc(F)c2)no1)c1nc(-c2ccc(Cl)cc2)n2c1CCCCC2. The van der Waals surface area contributed by atoms with Gasteiger partial charge in [-0.2, -0.15) is 0 Å². The molecule has 0 fully saturated rings. The maximum atomic E-state index is 13.5. The van der Waals surface area contributed by atoms with Gasteiger partial charge in [0.15, 0.2) is 5.69 Å². The smallest absolute Gasteiger partial charge is 0.278 e. The number of halogens is 2. The predicted molar refractivity (Wildman–Crippen MR) is 120 cm³/mol. The maximum absolute atomic E-state index is 13.5. The molecule has 1 aliphatic heterocycles. The molecular weight excluding hydrogens is 431 g/mol. The van der Waals surface area contributed by atoms with Gasteiger partial charge in [0.1, 0.15) is 17.3 Å². The van der Waals surface area contributed by atoms with Crippen LogP contribution in [0.5, 0.6) is 0 Å². The Morgan fingerprint density at radius 3 is 2.72 bits per heavy atom. The minimum atomic E-state index is -0.369. The van der Waals surface area contributed by atoms with Crippen LogP contribution in [0.1, 0.15) is 35.4 Å². The first-order chi connectivity index (χ1) is 15.6. The summed E-state index contributed by atoms with van der Waals surface area (Å²) in [4.78, 5) is 17.8. The van der Waals surface area contributed by atoms with E-state index >= 15 is 0 Å². The monoisotopic (exact) mass is 450 g/mol. The standard InChI is InChI=1S/C24H20ClFN4O2/c25-17-10-8-15(9-11-17)23-28-22(20-7-2-1-3-12-30(20)23)24(31)27-21-14-19(29-32-21)16-5-4-6-18(26)13-16/h4-6,8-11,13-14H,1-3,7,12H2,(H,27,31). The number of carbonyl (C=O) groups excluding carboxylic acids is 1. The first-order valence-corrected chi connectivity index (χ1v) is 10.9. The van der Waals surface area contributed by atoms with Crippen LogP contribution in [0.4, 0.5) is 10.3 Å². The van der Waals surface area contributed by atoms with Crippen molar-refractivity contribution in [2.24, 2.45) is 0 Å². The van der Waals surface area contributed by atoms with Crippen molar-refractivity contribution in [2.45, 2.75) is 32.2 Å². The van der Waals surface area contributed by atoms with Crippen LogP contribution >= 0.6 is 11.6 Å². The van der Waals surface area contributed by atoms with E-state index in [1.165, 1.54) is 12.1 Å². The summed E-state index contributed by atoms with van der Waals surface area (Å²) < 4.78 is 20.9. The molecule has 1 amide bonds. The molecule has 0 saturated heterocycles. The zero-order valence-electron chi connectivity index (χ0n) is 17.1. The highest BCUT2D eigenvalue weighted by Gasteiger charge is 2.25. The van der Waals surface area contributed by atoms with Gasteiger partial charge in [-0.05, 0) is 55.7 Å². The minimum Gasteiger partial charge on any atom is -0.338 e. The Morgan fingerprint density at radius 1 is 1.06 bits per heavy atom. The van der Waals surface area contributed by atoms with Crippen LogP contribution in [0.2, 0.25) is 5.02 Å². The van der Waals surface area contributed by atoms with Crippen molar-refractivity contribution in [2.75, 3.05) is 5.32 Å². The van der Waals surface area contributed by atoms with Gasteiger partial charge in [-0.25, -0.2) is 9.37 Å². The number of hydrogen-bond donors (Lipinski definition) is 1. The van der Waals surface area contributed by atoms with E-state index in [9.17, 15) is 9.18 Å². The molecule has 2 aromatic heterocycles. The number of carbonyl (C=O) groups is 1. The molecule has 3 heterocycles. The summed E-state index contributed by atoms with van der Waals surface area (Å²) in [6.07, 6.45) is 3.90. The molecule has 2 aromatic carbocycles. The third kappa shape index (κ3) is 4.03. The van der Waals surface area contributed by atoms with Crippen LogP contribution in [0.3, 0.4) is 0 Å². The predicted octanol–water partition coefficient (Wildman–Crippen LogP) is 5.98. The average Bonchev–Trinajstić information content (AvgIpc) is 3.32. The zero-order valence-corrected chi connectivity index (χ0v) is 17.9. The number of rotatable bonds is 4. The van der Waals surface area contributed by atoms with Gasteiger partial charge in [0, 0.05) is 28.8 Å². The zero-order chi connectivity index (χ0) is 22.1. The molecule has 162 valence electrons.